The quantitative estimate of drug-likeness (QED) is 0.681. The molecule has 0 aliphatic carbocycles. The van der Waals surface area contributed by atoms with Crippen LogP contribution in [0, 0.1) is 3.57 Å². The largest absolute Gasteiger partial charge is 0.493 e. The highest BCUT2D eigenvalue weighted by Gasteiger charge is 2.24. The second-order valence-electron chi connectivity index (χ2n) is 6.55. The van der Waals surface area contributed by atoms with Crippen molar-refractivity contribution >= 4 is 22.6 Å². The van der Waals surface area contributed by atoms with Gasteiger partial charge < -0.3 is 19.7 Å². The smallest absolute Gasteiger partial charge is 0.161 e. The van der Waals surface area contributed by atoms with E-state index in [9.17, 15) is 0 Å². The third-order valence-electron chi connectivity index (χ3n) is 4.46. The van der Waals surface area contributed by atoms with E-state index in [0.717, 1.165) is 31.0 Å². The molecule has 1 aliphatic rings. The molecule has 134 valence electrons. The molecule has 1 N–H and O–H groups in total. The van der Waals surface area contributed by atoms with Gasteiger partial charge in [-0.3, -0.25) is 0 Å². The maximum absolute atomic E-state index is 6.02. The van der Waals surface area contributed by atoms with E-state index < -0.39 is 0 Å². The highest BCUT2D eigenvalue weighted by Crippen LogP contribution is 2.37. The lowest BCUT2D eigenvalue weighted by Gasteiger charge is -2.29. The number of likely N-dealkylation sites (N-methyl/N-ethyl adjacent to an activating group) is 1. The zero-order valence-corrected chi connectivity index (χ0v) is 17.2. The molecule has 1 atom stereocenters. The Balaban J connectivity index is 1.94. The van der Waals surface area contributed by atoms with Crippen LogP contribution < -0.4 is 14.8 Å². The third-order valence-corrected chi connectivity index (χ3v) is 5.13. The van der Waals surface area contributed by atoms with Crippen LogP contribution in [0.5, 0.6) is 11.5 Å². The van der Waals surface area contributed by atoms with Gasteiger partial charge in [0.2, 0.25) is 0 Å². The van der Waals surface area contributed by atoms with E-state index in [2.05, 4.69) is 69.2 Å². The minimum atomic E-state index is 0.195. The fourth-order valence-corrected chi connectivity index (χ4v) is 3.73. The number of hydrogen-bond acceptors (Lipinski definition) is 4. The Kier molecular flexibility index (Phi) is 6.19. The summed E-state index contributed by atoms with van der Waals surface area (Å²) in [5.41, 5.74) is 3.91. The number of nitrogens with one attached hydrogen (secondary N) is 1. The molecule has 0 bridgehead atoms. The van der Waals surface area contributed by atoms with Crippen LogP contribution in [0.25, 0.3) is 0 Å². The summed E-state index contributed by atoms with van der Waals surface area (Å²) in [4.78, 5) is 2.11. The van der Waals surface area contributed by atoms with Crippen molar-refractivity contribution in [3.05, 3.63) is 56.7 Å². The zero-order valence-electron chi connectivity index (χ0n) is 15.0. The Bertz CT molecular complexity index is 734. The average molecular weight is 452 g/mol. The monoisotopic (exact) mass is 452 g/mol. The van der Waals surface area contributed by atoms with Crippen LogP contribution in [0.3, 0.4) is 0 Å². The van der Waals surface area contributed by atoms with Crippen molar-refractivity contribution in [3.8, 4) is 11.5 Å². The van der Waals surface area contributed by atoms with Gasteiger partial charge in [-0.05, 0) is 84.1 Å². The average Bonchev–Trinajstić information content (AvgIpc) is 2.60. The molecular weight excluding hydrogens is 427 g/mol. The van der Waals surface area contributed by atoms with Crippen LogP contribution in [0.1, 0.15) is 22.7 Å². The zero-order chi connectivity index (χ0) is 17.8. The molecule has 3 rings (SSSR count). The molecule has 2 aromatic carbocycles. The van der Waals surface area contributed by atoms with E-state index >= 15 is 0 Å². The van der Waals surface area contributed by atoms with Gasteiger partial charge in [0.25, 0.3) is 0 Å². The molecule has 25 heavy (non-hydrogen) atoms. The minimum absolute atomic E-state index is 0.195. The summed E-state index contributed by atoms with van der Waals surface area (Å²) in [5, 5.41) is 3.65. The van der Waals surface area contributed by atoms with Crippen LogP contribution in [0.2, 0.25) is 0 Å². The number of nitrogens with zero attached hydrogens (tertiary/aromatic N) is 1. The first-order valence-electron chi connectivity index (χ1n) is 8.55. The molecule has 4 nitrogen and oxygen atoms in total. The number of halogens is 1. The van der Waals surface area contributed by atoms with E-state index in [4.69, 9.17) is 9.47 Å². The lowest BCUT2D eigenvalue weighted by Crippen LogP contribution is -2.30. The number of rotatable bonds is 6. The van der Waals surface area contributed by atoms with Gasteiger partial charge in [0, 0.05) is 16.7 Å². The molecule has 0 amide bonds. The van der Waals surface area contributed by atoms with Gasteiger partial charge in [0.1, 0.15) is 6.61 Å². The van der Waals surface area contributed by atoms with E-state index in [0.29, 0.717) is 6.61 Å². The van der Waals surface area contributed by atoms with Gasteiger partial charge in [0.15, 0.2) is 11.5 Å². The van der Waals surface area contributed by atoms with Gasteiger partial charge in [0.05, 0.1) is 13.2 Å². The van der Waals surface area contributed by atoms with Crippen molar-refractivity contribution in [2.75, 3.05) is 40.9 Å². The normalized spacial score (nSPS) is 16.6. The molecule has 1 heterocycles. The Labute approximate surface area is 163 Å². The van der Waals surface area contributed by atoms with Crippen molar-refractivity contribution in [1.82, 2.24) is 10.2 Å². The van der Waals surface area contributed by atoms with E-state index in [-0.39, 0.29) is 6.04 Å². The predicted molar refractivity (Wildman–Crippen MR) is 110 cm³/mol. The van der Waals surface area contributed by atoms with E-state index in [1.54, 1.807) is 7.11 Å². The number of hydrogen-bond donors (Lipinski definition) is 1. The molecule has 0 aromatic heterocycles. The van der Waals surface area contributed by atoms with Gasteiger partial charge in [-0.2, -0.15) is 0 Å². The van der Waals surface area contributed by atoms with E-state index in [1.165, 1.54) is 20.3 Å². The van der Waals surface area contributed by atoms with Crippen LogP contribution in [0.15, 0.2) is 36.4 Å². The molecular formula is C20H25IN2O2. The molecule has 0 saturated carbocycles. The molecule has 0 saturated heterocycles. The van der Waals surface area contributed by atoms with Crippen LogP contribution in [-0.2, 0) is 6.42 Å². The molecule has 1 aliphatic heterocycles. The summed E-state index contributed by atoms with van der Waals surface area (Å²) >= 11 is 2.37. The maximum atomic E-state index is 6.02. The Morgan fingerprint density at radius 2 is 2.04 bits per heavy atom. The second-order valence-corrected chi connectivity index (χ2v) is 7.79. The van der Waals surface area contributed by atoms with Crippen molar-refractivity contribution in [1.29, 1.82) is 0 Å². The van der Waals surface area contributed by atoms with Crippen molar-refractivity contribution < 1.29 is 9.47 Å². The molecule has 0 radical (unpaired) electrons. The minimum Gasteiger partial charge on any atom is -0.493 e. The Morgan fingerprint density at radius 3 is 2.76 bits per heavy atom. The van der Waals surface area contributed by atoms with E-state index in [1.807, 2.05) is 14.1 Å². The first-order valence-corrected chi connectivity index (χ1v) is 9.63. The Hall–Kier alpha value is -1.31. The van der Waals surface area contributed by atoms with Gasteiger partial charge in [-0.15, -0.1) is 0 Å². The van der Waals surface area contributed by atoms with Crippen LogP contribution in [-0.4, -0.2) is 45.8 Å². The van der Waals surface area contributed by atoms with Gasteiger partial charge in [-0.1, -0.05) is 12.1 Å². The number of ether oxygens (including phenoxy) is 2. The predicted octanol–water partition coefficient (Wildman–Crippen LogP) is 3.48. The fourth-order valence-electron chi connectivity index (χ4n) is 3.16. The highest BCUT2D eigenvalue weighted by molar-refractivity contribution is 14.1. The number of fused-ring (bicyclic) bond motifs is 1. The van der Waals surface area contributed by atoms with Gasteiger partial charge in [-0.25, -0.2) is 0 Å². The van der Waals surface area contributed by atoms with Crippen LogP contribution >= 0.6 is 22.6 Å². The van der Waals surface area contributed by atoms with Crippen molar-refractivity contribution in [3.63, 3.8) is 0 Å². The maximum Gasteiger partial charge on any atom is 0.161 e. The standard InChI is InChI=1S/C20H25IN2O2/c1-23(2)9-10-25-19-13-17-14(12-18(19)24-3)7-8-22-20(17)15-5-4-6-16(21)11-15/h4-6,11-13,20,22H,7-10H2,1-3H3. The molecule has 2 aromatic rings. The van der Waals surface area contributed by atoms with Gasteiger partial charge >= 0.3 is 0 Å². The molecule has 0 spiro atoms. The first-order chi connectivity index (χ1) is 12.1. The van der Waals surface area contributed by atoms with Crippen molar-refractivity contribution in [2.24, 2.45) is 0 Å². The third kappa shape index (κ3) is 4.46. The summed E-state index contributed by atoms with van der Waals surface area (Å²) < 4.78 is 12.8. The molecule has 0 fully saturated rings. The van der Waals surface area contributed by atoms with Crippen molar-refractivity contribution in [2.45, 2.75) is 12.5 Å². The number of methoxy groups -OCH3 is 1. The lowest BCUT2D eigenvalue weighted by atomic mass is 9.89. The summed E-state index contributed by atoms with van der Waals surface area (Å²) in [7, 11) is 5.80. The summed E-state index contributed by atoms with van der Waals surface area (Å²) in [6, 6.07) is 13.2. The van der Waals surface area contributed by atoms with Crippen LogP contribution in [0.4, 0.5) is 0 Å². The Morgan fingerprint density at radius 1 is 1.20 bits per heavy atom. The second kappa shape index (κ2) is 8.38. The SMILES string of the molecule is COc1cc2c(cc1OCCN(C)C)C(c1cccc(I)c1)NCC2. The highest BCUT2D eigenvalue weighted by atomic mass is 127. The summed E-state index contributed by atoms with van der Waals surface area (Å²) in [5.74, 6) is 1.64. The fraction of sp³-hybridized carbons (Fsp3) is 0.400. The molecule has 1 unspecified atom stereocenters. The molecule has 5 heteroatoms. The summed E-state index contributed by atoms with van der Waals surface area (Å²) in [6.45, 7) is 2.48. The topological polar surface area (TPSA) is 33.7 Å². The summed E-state index contributed by atoms with van der Waals surface area (Å²) in [6.07, 6.45) is 1.00. The first kappa shape index (κ1) is 18.5. The lowest BCUT2D eigenvalue weighted by molar-refractivity contribution is 0.250. The number of benzene rings is 2.